The number of hydrogen-bond acceptors (Lipinski definition) is 8. The average Bonchev–Trinajstić information content (AvgIpc) is 3.47. The third-order valence-electron chi connectivity index (χ3n) is 8.49. The molecule has 4 heterocycles. The van der Waals surface area contributed by atoms with Gasteiger partial charge in [0.1, 0.15) is 11.6 Å². The van der Waals surface area contributed by atoms with Gasteiger partial charge in [-0.3, -0.25) is 15.1 Å². The van der Waals surface area contributed by atoms with Gasteiger partial charge in [-0.25, -0.2) is 9.37 Å². The Kier molecular flexibility index (Phi) is 10.5. The van der Waals surface area contributed by atoms with E-state index >= 15 is 4.39 Å². The Bertz CT molecular complexity index is 1770. The average molecular weight is 681 g/mol. The van der Waals surface area contributed by atoms with E-state index in [0.29, 0.717) is 93.6 Å². The second-order valence-corrected chi connectivity index (χ2v) is 12.2. The van der Waals surface area contributed by atoms with Crippen LogP contribution in [0.15, 0.2) is 54.7 Å². The predicted octanol–water partition coefficient (Wildman–Crippen LogP) is 6.49. The number of aromatic nitrogens is 2. The van der Waals surface area contributed by atoms with Crippen LogP contribution in [0.3, 0.4) is 0 Å². The molecule has 0 aliphatic carbocycles. The first-order valence-electron chi connectivity index (χ1n) is 15.5. The second-order valence-electron chi connectivity index (χ2n) is 11.4. The molecule has 6 rings (SSSR count). The van der Waals surface area contributed by atoms with E-state index in [4.69, 9.17) is 42.4 Å². The standard InChI is InChI=1S/C35H36Cl2FN5O4/c1-45-30-16-22(15-28(38)27(30)19-39-18-23-11-14-47-23)34-33(37)25(10-12-41-34)24-5-3-6-26(32(24)36)29-9-8-21(35(42-29)46-2)17-40-20-43-13-4-7-31(43)44/h3,5-6,8-10,12,15-16,23,39-40H,4,7,11,13-14,17-20H2,1-2H3. The molecule has 1 unspecified atom stereocenters. The van der Waals surface area contributed by atoms with Crippen molar-refractivity contribution in [1.82, 2.24) is 25.5 Å². The number of likely N-dealkylation sites (tertiary alicyclic amines) is 1. The fraction of sp³-hybridized carbons (Fsp3) is 0.343. The Balaban J connectivity index is 1.24. The summed E-state index contributed by atoms with van der Waals surface area (Å²) in [5, 5.41) is 7.32. The van der Waals surface area contributed by atoms with Gasteiger partial charge in [0.25, 0.3) is 0 Å². The molecule has 2 saturated heterocycles. The minimum absolute atomic E-state index is 0.164. The summed E-state index contributed by atoms with van der Waals surface area (Å²) < 4.78 is 32.0. The van der Waals surface area contributed by atoms with Gasteiger partial charge < -0.3 is 24.4 Å². The number of nitrogens with zero attached hydrogens (tertiary/aromatic N) is 3. The van der Waals surface area contributed by atoms with Gasteiger partial charge in [0.05, 0.1) is 48.4 Å². The zero-order chi connectivity index (χ0) is 32.9. The molecule has 47 heavy (non-hydrogen) atoms. The minimum atomic E-state index is -0.423. The molecule has 2 aliphatic heterocycles. The first kappa shape index (κ1) is 33.1. The van der Waals surface area contributed by atoms with Crippen molar-refractivity contribution in [3.8, 4) is 45.3 Å². The molecule has 2 fully saturated rings. The molecule has 0 bridgehead atoms. The number of carbonyl (C=O) groups excluding carboxylic acids is 1. The Morgan fingerprint density at radius 1 is 1.02 bits per heavy atom. The predicted molar refractivity (Wildman–Crippen MR) is 180 cm³/mol. The molecule has 9 nitrogen and oxygen atoms in total. The molecule has 2 N–H and O–H groups in total. The number of nitrogens with one attached hydrogen (secondary N) is 2. The lowest BCUT2D eigenvalue weighted by molar-refractivity contribution is -0.128. The molecule has 1 amide bonds. The maximum absolute atomic E-state index is 15.4. The van der Waals surface area contributed by atoms with Crippen molar-refractivity contribution in [2.24, 2.45) is 0 Å². The van der Waals surface area contributed by atoms with Crippen LogP contribution >= 0.6 is 23.2 Å². The number of halogens is 3. The van der Waals surface area contributed by atoms with Crippen molar-refractivity contribution in [2.45, 2.75) is 38.5 Å². The summed E-state index contributed by atoms with van der Waals surface area (Å²) in [4.78, 5) is 23.0. The van der Waals surface area contributed by atoms with E-state index in [9.17, 15) is 4.79 Å². The van der Waals surface area contributed by atoms with Crippen LogP contribution in [0.5, 0.6) is 11.6 Å². The van der Waals surface area contributed by atoms with Gasteiger partial charge in [0, 0.05) is 78.8 Å². The van der Waals surface area contributed by atoms with Gasteiger partial charge in [0.15, 0.2) is 0 Å². The van der Waals surface area contributed by atoms with Gasteiger partial charge in [-0.15, -0.1) is 0 Å². The van der Waals surface area contributed by atoms with E-state index in [1.807, 2.05) is 35.2 Å². The second kappa shape index (κ2) is 15.0. The van der Waals surface area contributed by atoms with Gasteiger partial charge in [-0.1, -0.05) is 47.5 Å². The summed E-state index contributed by atoms with van der Waals surface area (Å²) in [5.41, 5.74) is 4.78. The van der Waals surface area contributed by atoms with E-state index < -0.39 is 5.82 Å². The molecule has 2 aromatic heterocycles. The number of carbonyl (C=O) groups is 1. The number of methoxy groups -OCH3 is 2. The molecule has 0 radical (unpaired) electrons. The van der Waals surface area contributed by atoms with Gasteiger partial charge >= 0.3 is 0 Å². The van der Waals surface area contributed by atoms with Crippen molar-refractivity contribution in [2.75, 3.05) is 40.6 Å². The Morgan fingerprint density at radius 3 is 2.55 bits per heavy atom. The van der Waals surface area contributed by atoms with E-state index in [0.717, 1.165) is 31.6 Å². The molecule has 1 atom stereocenters. The molecular weight excluding hydrogens is 644 g/mol. The fourth-order valence-electron chi connectivity index (χ4n) is 5.82. The van der Waals surface area contributed by atoms with Crippen LogP contribution in [0.25, 0.3) is 33.6 Å². The third kappa shape index (κ3) is 7.22. The zero-order valence-corrected chi connectivity index (χ0v) is 27.8. The topological polar surface area (TPSA) is 97.8 Å². The molecular formula is C35H36Cl2FN5O4. The van der Waals surface area contributed by atoms with Crippen molar-refractivity contribution in [3.05, 3.63) is 81.7 Å². The van der Waals surface area contributed by atoms with E-state index in [2.05, 4.69) is 15.6 Å². The summed E-state index contributed by atoms with van der Waals surface area (Å²) in [5.74, 6) is 0.595. The van der Waals surface area contributed by atoms with Crippen molar-refractivity contribution in [3.63, 3.8) is 0 Å². The van der Waals surface area contributed by atoms with Gasteiger partial charge in [-0.2, -0.15) is 0 Å². The highest BCUT2D eigenvalue weighted by Gasteiger charge is 2.22. The van der Waals surface area contributed by atoms with Crippen LogP contribution < -0.4 is 20.1 Å². The third-order valence-corrected chi connectivity index (χ3v) is 9.28. The van der Waals surface area contributed by atoms with Crippen LogP contribution in [0.1, 0.15) is 30.4 Å². The zero-order valence-electron chi connectivity index (χ0n) is 26.2. The Morgan fingerprint density at radius 2 is 1.83 bits per heavy atom. The van der Waals surface area contributed by atoms with Crippen LogP contribution in [0.2, 0.25) is 10.0 Å². The lowest BCUT2D eigenvalue weighted by atomic mass is 9.99. The molecule has 4 aromatic rings. The van der Waals surface area contributed by atoms with Crippen LogP contribution in [-0.2, 0) is 22.6 Å². The number of pyridine rings is 2. The SMILES string of the molecule is COc1cc(-c2nccc(-c3cccc(-c4ccc(CNCN5CCCC5=O)c(OC)n4)c3Cl)c2Cl)cc(F)c1CNCC1CCO1. The summed E-state index contributed by atoms with van der Waals surface area (Å²) in [7, 11) is 3.08. The molecule has 2 aliphatic rings. The maximum Gasteiger partial charge on any atom is 0.223 e. The van der Waals surface area contributed by atoms with Crippen molar-refractivity contribution in [1.29, 1.82) is 0 Å². The first-order chi connectivity index (χ1) is 22.9. The number of rotatable bonds is 13. The normalized spacial score (nSPS) is 16.0. The molecule has 12 heteroatoms. The molecule has 0 saturated carbocycles. The lowest BCUT2D eigenvalue weighted by Crippen LogP contribution is -2.37. The highest BCUT2D eigenvalue weighted by atomic mass is 35.5. The van der Waals surface area contributed by atoms with E-state index in [-0.39, 0.29) is 12.0 Å². The van der Waals surface area contributed by atoms with Crippen LogP contribution in [0.4, 0.5) is 4.39 Å². The number of ether oxygens (including phenoxy) is 3. The highest BCUT2D eigenvalue weighted by Crippen LogP contribution is 2.42. The fourth-order valence-corrected chi connectivity index (χ4v) is 6.47. The smallest absolute Gasteiger partial charge is 0.223 e. The summed E-state index contributed by atoms with van der Waals surface area (Å²) >= 11 is 14.0. The largest absolute Gasteiger partial charge is 0.496 e. The van der Waals surface area contributed by atoms with Crippen molar-refractivity contribution < 1.29 is 23.4 Å². The van der Waals surface area contributed by atoms with Crippen molar-refractivity contribution >= 4 is 29.1 Å². The minimum Gasteiger partial charge on any atom is -0.496 e. The maximum atomic E-state index is 15.4. The Hall–Kier alpha value is -3.80. The Labute approximate surface area is 283 Å². The van der Waals surface area contributed by atoms with Crippen LogP contribution in [0, 0.1) is 5.82 Å². The number of hydrogen-bond donors (Lipinski definition) is 2. The molecule has 246 valence electrons. The quantitative estimate of drug-likeness (QED) is 0.166. The summed E-state index contributed by atoms with van der Waals surface area (Å²) in [6.07, 6.45) is 4.27. The van der Waals surface area contributed by atoms with E-state index in [1.54, 1.807) is 25.4 Å². The lowest BCUT2D eigenvalue weighted by Gasteiger charge is -2.26. The monoisotopic (exact) mass is 679 g/mol. The summed E-state index contributed by atoms with van der Waals surface area (Å²) in [6.45, 7) is 3.44. The van der Waals surface area contributed by atoms with Gasteiger partial charge in [-0.05, 0) is 37.1 Å². The molecule has 0 spiro atoms. The van der Waals surface area contributed by atoms with Gasteiger partial charge in [0.2, 0.25) is 11.8 Å². The number of benzene rings is 2. The number of amides is 1. The molecule has 2 aromatic carbocycles. The van der Waals surface area contributed by atoms with Crippen LogP contribution in [-0.4, -0.2) is 67.5 Å². The van der Waals surface area contributed by atoms with E-state index in [1.165, 1.54) is 13.2 Å². The summed E-state index contributed by atoms with van der Waals surface area (Å²) in [6, 6.07) is 14.4. The first-order valence-corrected chi connectivity index (χ1v) is 16.3. The highest BCUT2D eigenvalue weighted by molar-refractivity contribution is 6.39.